The van der Waals surface area contributed by atoms with Crippen molar-refractivity contribution in [3.63, 3.8) is 0 Å². The first-order valence-electron chi connectivity index (χ1n) is 5.91. The number of nitrogens with two attached hydrogens (primary N) is 1. The molecular formula is C13H13Cl2N3OS. The van der Waals surface area contributed by atoms with E-state index >= 15 is 0 Å². The van der Waals surface area contributed by atoms with Gasteiger partial charge in [0, 0.05) is 29.6 Å². The van der Waals surface area contributed by atoms with Gasteiger partial charge in [-0.3, -0.25) is 4.79 Å². The summed E-state index contributed by atoms with van der Waals surface area (Å²) in [6.07, 6.45) is 1.75. The van der Waals surface area contributed by atoms with Crippen LogP contribution in [-0.2, 0) is 0 Å². The topological polar surface area (TPSA) is 68.0 Å². The van der Waals surface area contributed by atoms with E-state index in [1.165, 1.54) is 12.1 Å². The number of nitrogen functional groups attached to an aromatic ring is 1. The lowest BCUT2D eigenvalue weighted by molar-refractivity contribution is 0.0951. The third-order valence-corrected chi connectivity index (χ3v) is 4.58. The summed E-state index contributed by atoms with van der Waals surface area (Å²) in [5.74, 6) is -0.0854. The van der Waals surface area contributed by atoms with Crippen molar-refractivity contribution in [1.82, 2.24) is 10.3 Å². The van der Waals surface area contributed by atoms with Crippen LogP contribution in [0.15, 0.2) is 23.7 Å². The van der Waals surface area contributed by atoms with Crippen molar-refractivity contribution < 1.29 is 4.79 Å². The second-order valence-electron chi connectivity index (χ2n) is 4.34. The summed E-state index contributed by atoms with van der Waals surface area (Å²) in [7, 11) is 0. The molecule has 1 unspecified atom stereocenters. The number of halogens is 2. The number of nitrogens with one attached hydrogen (secondary N) is 1. The number of thiazole rings is 1. The Hall–Kier alpha value is -1.30. The number of hydrogen-bond donors (Lipinski definition) is 2. The zero-order valence-electron chi connectivity index (χ0n) is 10.7. The Morgan fingerprint density at radius 3 is 2.85 bits per heavy atom. The number of hydrogen-bond acceptors (Lipinski definition) is 4. The average Bonchev–Trinajstić information content (AvgIpc) is 2.95. The lowest BCUT2D eigenvalue weighted by Gasteiger charge is -2.11. The molecule has 20 heavy (non-hydrogen) atoms. The Kier molecular flexibility index (Phi) is 4.86. The van der Waals surface area contributed by atoms with E-state index in [2.05, 4.69) is 10.3 Å². The quantitative estimate of drug-likeness (QED) is 0.842. The molecule has 0 fully saturated rings. The summed E-state index contributed by atoms with van der Waals surface area (Å²) >= 11 is 13.3. The maximum Gasteiger partial charge on any atom is 0.251 e. The van der Waals surface area contributed by atoms with Crippen LogP contribution in [0.1, 0.15) is 28.2 Å². The molecule has 2 aromatic rings. The predicted octanol–water partition coefficient (Wildman–Crippen LogP) is 3.57. The van der Waals surface area contributed by atoms with E-state index in [4.69, 9.17) is 28.9 Å². The van der Waals surface area contributed by atoms with Gasteiger partial charge in [0.15, 0.2) is 0 Å². The monoisotopic (exact) mass is 329 g/mol. The molecule has 0 aliphatic heterocycles. The molecule has 1 amide bonds. The van der Waals surface area contributed by atoms with Gasteiger partial charge in [0.05, 0.1) is 20.7 Å². The van der Waals surface area contributed by atoms with Crippen LogP contribution >= 0.6 is 34.5 Å². The largest absolute Gasteiger partial charge is 0.397 e. The first kappa shape index (κ1) is 15.1. The highest BCUT2D eigenvalue weighted by molar-refractivity contribution is 7.09. The molecule has 0 saturated heterocycles. The molecule has 0 saturated carbocycles. The summed E-state index contributed by atoms with van der Waals surface area (Å²) in [5.41, 5.74) is 6.37. The van der Waals surface area contributed by atoms with Gasteiger partial charge in [-0.25, -0.2) is 4.98 Å². The molecule has 1 aromatic carbocycles. The lowest BCUT2D eigenvalue weighted by Crippen LogP contribution is -2.27. The van der Waals surface area contributed by atoms with Gasteiger partial charge in [-0.15, -0.1) is 11.3 Å². The first-order chi connectivity index (χ1) is 9.49. The Labute approximate surface area is 130 Å². The number of aromatic nitrogens is 1. The smallest absolute Gasteiger partial charge is 0.251 e. The van der Waals surface area contributed by atoms with E-state index < -0.39 is 0 Å². The zero-order valence-corrected chi connectivity index (χ0v) is 13.0. The highest BCUT2D eigenvalue weighted by Gasteiger charge is 2.13. The second-order valence-corrected chi connectivity index (χ2v) is 6.05. The van der Waals surface area contributed by atoms with Crippen LogP contribution in [-0.4, -0.2) is 17.4 Å². The van der Waals surface area contributed by atoms with E-state index in [0.29, 0.717) is 12.1 Å². The van der Waals surface area contributed by atoms with Crippen LogP contribution in [0.25, 0.3) is 0 Å². The minimum Gasteiger partial charge on any atom is -0.397 e. The van der Waals surface area contributed by atoms with Crippen LogP contribution in [0.5, 0.6) is 0 Å². The summed E-state index contributed by atoms with van der Waals surface area (Å²) in [6.45, 7) is 2.49. The number of rotatable bonds is 4. The van der Waals surface area contributed by atoms with Crippen molar-refractivity contribution in [2.24, 2.45) is 0 Å². The van der Waals surface area contributed by atoms with Gasteiger partial charge in [-0.2, -0.15) is 0 Å². The Morgan fingerprint density at radius 1 is 1.50 bits per heavy atom. The summed E-state index contributed by atoms with van der Waals surface area (Å²) in [4.78, 5) is 16.3. The van der Waals surface area contributed by atoms with Gasteiger partial charge in [-0.1, -0.05) is 30.1 Å². The Balaban J connectivity index is 2.02. The minimum atomic E-state index is -0.237. The van der Waals surface area contributed by atoms with Gasteiger partial charge in [0.2, 0.25) is 0 Å². The number of amides is 1. The van der Waals surface area contributed by atoms with Gasteiger partial charge in [-0.05, 0) is 12.1 Å². The normalized spacial score (nSPS) is 12.2. The fraction of sp³-hybridized carbons (Fsp3) is 0.231. The molecule has 0 radical (unpaired) electrons. The third kappa shape index (κ3) is 3.42. The highest BCUT2D eigenvalue weighted by Crippen LogP contribution is 2.29. The maximum absolute atomic E-state index is 12.0. The minimum absolute atomic E-state index is 0.152. The van der Waals surface area contributed by atoms with Crippen molar-refractivity contribution in [3.05, 3.63) is 44.3 Å². The van der Waals surface area contributed by atoms with Gasteiger partial charge in [0.25, 0.3) is 5.91 Å². The molecular weight excluding hydrogens is 317 g/mol. The first-order valence-corrected chi connectivity index (χ1v) is 7.54. The van der Waals surface area contributed by atoms with Crippen LogP contribution in [0.3, 0.4) is 0 Å². The number of benzene rings is 1. The summed E-state index contributed by atoms with van der Waals surface area (Å²) < 4.78 is 0. The molecule has 2 rings (SSSR count). The van der Waals surface area contributed by atoms with Crippen molar-refractivity contribution in [3.8, 4) is 0 Å². The molecule has 0 spiro atoms. The van der Waals surface area contributed by atoms with E-state index in [1.54, 1.807) is 17.5 Å². The molecule has 7 heteroatoms. The van der Waals surface area contributed by atoms with Crippen molar-refractivity contribution in [2.45, 2.75) is 12.8 Å². The molecule has 0 aliphatic rings. The highest BCUT2D eigenvalue weighted by atomic mass is 35.5. The van der Waals surface area contributed by atoms with Gasteiger partial charge in [0.1, 0.15) is 0 Å². The SMILES string of the molecule is CC(CNC(=O)c1cc(N)c(Cl)c(Cl)c1)c1nccs1. The molecule has 0 bridgehead atoms. The third-order valence-electron chi connectivity index (χ3n) is 2.76. The number of anilines is 1. The maximum atomic E-state index is 12.0. The Bertz CT molecular complexity index is 593. The summed E-state index contributed by atoms with van der Waals surface area (Å²) in [6, 6.07) is 3.02. The molecule has 3 N–H and O–H groups in total. The van der Waals surface area contributed by atoms with E-state index in [1.807, 2.05) is 12.3 Å². The summed E-state index contributed by atoms with van der Waals surface area (Å²) in [5, 5.41) is 6.26. The Morgan fingerprint density at radius 2 is 2.25 bits per heavy atom. The predicted molar refractivity (Wildman–Crippen MR) is 83.7 cm³/mol. The second kappa shape index (κ2) is 6.43. The van der Waals surface area contributed by atoms with Crippen molar-refractivity contribution in [1.29, 1.82) is 0 Å². The van der Waals surface area contributed by atoms with Crippen LogP contribution in [0.4, 0.5) is 5.69 Å². The molecule has 4 nitrogen and oxygen atoms in total. The van der Waals surface area contributed by atoms with Crippen LogP contribution in [0, 0.1) is 0 Å². The fourth-order valence-corrected chi connectivity index (χ4v) is 2.69. The number of nitrogens with zero attached hydrogens (tertiary/aromatic N) is 1. The molecule has 1 heterocycles. The van der Waals surface area contributed by atoms with Gasteiger partial charge >= 0.3 is 0 Å². The molecule has 106 valence electrons. The van der Waals surface area contributed by atoms with Gasteiger partial charge < -0.3 is 11.1 Å². The van der Waals surface area contributed by atoms with E-state index in [-0.39, 0.29) is 27.6 Å². The van der Waals surface area contributed by atoms with Crippen molar-refractivity contribution in [2.75, 3.05) is 12.3 Å². The van der Waals surface area contributed by atoms with Crippen LogP contribution < -0.4 is 11.1 Å². The lowest BCUT2D eigenvalue weighted by atomic mass is 10.1. The number of carbonyl (C=O) groups excluding carboxylic acids is 1. The molecule has 1 aromatic heterocycles. The van der Waals surface area contributed by atoms with Crippen molar-refractivity contribution >= 4 is 46.1 Å². The average molecular weight is 330 g/mol. The van der Waals surface area contributed by atoms with E-state index in [9.17, 15) is 4.79 Å². The fourth-order valence-electron chi connectivity index (χ4n) is 1.65. The number of carbonyl (C=O) groups is 1. The zero-order chi connectivity index (χ0) is 14.7. The molecule has 0 aliphatic carbocycles. The van der Waals surface area contributed by atoms with Crippen LogP contribution in [0.2, 0.25) is 10.0 Å². The molecule has 1 atom stereocenters. The van der Waals surface area contributed by atoms with E-state index in [0.717, 1.165) is 5.01 Å². The standard InChI is InChI=1S/C13H13Cl2N3OS/c1-7(13-17-2-3-20-13)6-18-12(19)8-4-9(14)11(15)10(16)5-8/h2-5,7H,6,16H2,1H3,(H,18,19).